The summed E-state index contributed by atoms with van der Waals surface area (Å²) in [4.78, 5) is 14.5. The summed E-state index contributed by atoms with van der Waals surface area (Å²) >= 11 is 1.83. The van der Waals surface area contributed by atoms with Gasteiger partial charge >= 0.3 is 0 Å². The molecule has 0 radical (unpaired) electrons. The molecule has 0 spiro atoms. The first-order valence-electron chi connectivity index (χ1n) is 8.71. The SMILES string of the molecule is CNC1CCCN(Cc2nc(N)c3c4c(sc3n2)CCCC4)C1.Cl. The summed E-state index contributed by atoms with van der Waals surface area (Å²) in [7, 11) is 2.05. The molecule has 1 aliphatic heterocycles. The Hall–Kier alpha value is -0.950. The van der Waals surface area contributed by atoms with Crippen molar-refractivity contribution in [2.24, 2.45) is 0 Å². The van der Waals surface area contributed by atoms with E-state index in [-0.39, 0.29) is 12.4 Å². The molecule has 1 aliphatic carbocycles. The van der Waals surface area contributed by atoms with Crippen LogP contribution in [0.5, 0.6) is 0 Å². The molecule has 2 aliphatic rings. The molecular formula is C17H26ClN5S. The fourth-order valence-corrected chi connectivity index (χ4v) is 5.22. The number of anilines is 1. The van der Waals surface area contributed by atoms with E-state index in [1.165, 1.54) is 42.5 Å². The molecule has 0 saturated carbocycles. The third-order valence-electron chi connectivity index (χ3n) is 5.17. The first kappa shape index (κ1) is 17.9. The fraction of sp³-hybridized carbons (Fsp3) is 0.647. The second-order valence-electron chi connectivity index (χ2n) is 6.78. The van der Waals surface area contributed by atoms with Crippen LogP contribution >= 0.6 is 23.7 Å². The van der Waals surface area contributed by atoms with Crippen molar-refractivity contribution in [3.05, 3.63) is 16.3 Å². The highest BCUT2D eigenvalue weighted by molar-refractivity contribution is 7.19. The predicted molar refractivity (Wildman–Crippen MR) is 103 cm³/mol. The molecule has 2 aromatic heterocycles. The third-order valence-corrected chi connectivity index (χ3v) is 6.35. The quantitative estimate of drug-likeness (QED) is 0.873. The van der Waals surface area contributed by atoms with Crippen molar-refractivity contribution < 1.29 is 0 Å². The molecule has 4 rings (SSSR count). The maximum absolute atomic E-state index is 6.31. The van der Waals surface area contributed by atoms with Gasteiger partial charge in [0.25, 0.3) is 0 Å². The first-order chi connectivity index (χ1) is 11.2. The highest BCUT2D eigenvalue weighted by Gasteiger charge is 2.22. The highest BCUT2D eigenvalue weighted by atomic mass is 35.5. The molecular weight excluding hydrogens is 342 g/mol. The lowest BCUT2D eigenvalue weighted by molar-refractivity contribution is 0.184. The summed E-state index contributed by atoms with van der Waals surface area (Å²) in [6, 6.07) is 0.582. The van der Waals surface area contributed by atoms with Crippen molar-refractivity contribution in [2.75, 3.05) is 25.9 Å². The number of nitrogen functional groups attached to an aromatic ring is 1. The zero-order valence-corrected chi connectivity index (χ0v) is 15.8. The molecule has 1 atom stereocenters. The molecule has 5 nitrogen and oxygen atoms in total. The standard InChI is InChI=1S/C17H25N5S.ClH/c1-19-11-5-4-8-22(9-11)10-14-20-16(18)15-12-6-2-3-7-13(12)23-17(15)21-14;/h11,19H,2-10H2,1H3,(H2,18,20,21);1H. The van der Waals surface area contributed by atoms with Crippen LogP contribution in [-0.2, 0) is 19.4 Å². The van der Waals surface area contributed by atoms with E-state index < -0.39 is 0 Å². The van der Waals surface area contributed by atoms with Crippen LogP contribution in [0.25, 0.3) is 10.2 Å². The van der Waals surface area contributed by atoms with Crippen LogP contribution < -0.4 is 11.1 Å². The summed E-state index contributed by atoms with van der Waals surface area (Å²) in [5.74, 6) is 1.57. The maximum atomic E-state index is 6.31. The van der Waals surface area contributed by atoms with E-state index in [0.717, 1.165) is 42.1 Å². The number of piperidine rings is 1. The molecule has 0 bridgehead atoms. The molecule has 3 N–H and O–H groups in total. The average Bonchev–Trinajstić information content (AvgIpc) is 2.93. The smallest absolute Gasteiger partial charge is 0.146 e. The van der Waals surface area contributed by atoms with Crippen molar-refractivity contribution >= 4 is 39.8 Å². The summed E-state index contributed by atoms with van der Waals surface area (Å²) in [5.41, 5.74) is 7.73. The van der Waals surface area contributed by atoms with Crippen molar-refractivity contribution in [3.63, 3.8) is 0 Å². The number of nitrogens with two attached hydrogens (primary N) is 1. The molecule has 132 valence electrons. The second kappa shape index (κ2) is 7.52. The van der Waals surface area contributed by atoms with E-state index in [0.29, 0.717) is 11.9 Å². The van der Waals surface area contributed by atoms with Gasteiger partial charge in [0.15, 0.2) is 0 Å². The second-order valence-corrected chi connectivity index (χ2v) is 7.86. The van der Waals surface area contributed by atoms with E-state index in [9.17, 15) is 0 Å². The molecule has 3 heterocycles. The van der Waals surface area contributed by atoms with Crippen LogP contribution in [0.3, 0.4) is 0 Å². The van der Waals surface area contributed by atoms with Gasteiger partial charge in [-0.1, -0.05) is 0 Å². The van der Waals surface area contributed by atoms with Crippen LogP contribution in [0.15, 0.2) is 0 Å². The van der Waals surface area contributed by atoms with Crippen molar-refractivity contribution in [3.8, 4) is 0 Å². The minimum atomic E-state index is 0. The number of rotatable bonds is 3. The Labute approximate surface area is 153 Å². The largest absolute Gasteiger partial charge is 0.383 e. The third kappa shape index (κ3) is 3.38. The maximum Gasteiger partial charge on any atom is 0.146 e. The van der Waals surface area contributed by atoms with Gasteiger partial charge in [-0.3, -0.25) is 4.90 Å². The predicted octanol–water partition coefficient (Wildman–Crippen LogP) is 2.76. The van der Waals surface area contributed by atoms with E-state index >= 15 is 0 Å². The molecule has 1 unspecified atom stereocenters. The molecule has 1 saturated heterocycles. The van der Waals surface area contributed by atoms with Crippen LogP contribution in [0.2, 0.25) is 0 Å². The van der Waals surface area contributed by atoms with Gasteiger partial charge in [-0.25, -0.2) is 9.97 Å². The molecule has 0 aromatic carbocycles. The number of aromatic nitrogens is 2. The summed E-state index contributed by atoms with van der Waals surface area (Å²) in [6.45, 7) is 3.00. The number of nitrogens with one attached hydrogen (secondary N) is 1. The lowest BCUT2D eigenvalue weighted by Crippen LogP contribution is -2.44. The first-order valence-corrected chi connectivity index (χ1v) is 9.52. The zero-order valence-electron chi connectivity index (χ0n) is 14.2. The summed E-state index contributed by atoms with van der Waals surface area (Å²) in [6.07, 6.45) is 7.36. The Kier molecular flexibility index (Phi) is 5.59. The zero-order chi connectivity index (χ0) is 15.8. The number of hydrogen-bond acceptors (Lipinski definition) is 6. The van der Waals surface area contributed by atoms with Gasteiger partial charge < -0.3 is 11.1 Å². The van der Waals surface area contributed by atoms with Crippen LogP contribution in [0.1, 0.15) is 41.9 Å². The van der Waals surface area contributed by atoms with Crippen molar-refractivity contribution in [2.45, 2.75) is 51.1 Å². The average molecular weight is 368 g/mol. The molecule has 0 amide bonds. The number of nitrogens with zero attached hydrogens (tertiary/aromatic N) is 3. The van der Waals surface area contributed by atoms with Gasteiger partial charge in [0.2, 0.25) is 0 Å². The summed E-state index contributed by atoms with van der Waals surface area (Å²) in [5, 5.41) is 4.53. The lowest BCUT2D eigenvalue weighted by atomic mass is 9.97. The number of hydrogen-bond donors (Lipinski definition) is 2. The Morgan fingerprint density at radius 1 is 1.25 bits per heavy atom. The normalized spacial score (nSPS) is 21.5. The lowest BCUT2D eigenvalue weighted by Gasteiger charge is -2.31. The van der Waals surface area contributed by atoms with E-state index in [1.54, 1.807) is 0 Å². The van der Waals surface area contributed by atoms with E-state index in [2.05, 4.69) is 15.2 Å². The number of likely N-dealkylation sites (N-methyl/N-ethyl adjacent to an activating group) is 1. The van der Waals surface area contributed by atoms with Gasteiger partial charge in [0.05, 0.1) is 11.9 Å². The molecule has 2 aromatic rings. The Morgan fingerprint density at radius 3 is 2.92 bits per heavy atom. The van der Waals surface area contributed by atoms with Gasteiger partial charge in [-0.15, -0.1) is 23.7 Å². The molecule has 24 heavy (non-hydrogen) atoms. The number of aryl methyl sites for hydroxylation is 2. The molecule has 1 fully saturated rings. The van der Waals surface area contributed by atoms with Gasteiger partial charge in [0, 0.05) is 17.5 Å². The monoisotopic (exact) mass is 367 g/mol. The Bertz CT molecular complexity index is 717. The minimum Gasteiger partial charge on any atom is -0.383 e. The minimum absolute atomic E-state index is 0. The number of halogens is 1. The van der Waals surface area contributed by atoms with Gasteiger partial charge in [-0.2, -0.15) is 0 Å². The fourth-order valence-electron chi connectivity index (χ4n) is 3.94. The number of fused-ring (bicyclic) bond motifs is 3. The number of thiophene rings is 1. The summed E-state index contributed by atoms with van der Waals surface area (Å²) < 4.78 is 0. The van der Waals surface area contributed by atoms with E-state index in [1.807, 2.05) is 18.4 Å². The Balaban J connectivity index is 0.00000169. The number of likely N-dealkylation sites (tertiary alicyclic amines) is 1. The van der Waals surface area contributed by atoms with Crippen molar-refractivity contribution in [1.82, 2.24) is 20.2 Å². The topological polar surface area (TPSA) is 67.1 Å². The van der Waals surface area contributed by atoms with Gasteiger partial charge in [-0.05, 0) is 57.7 Å². The van der Waals surface area contributed by atoms with E-state index in [4.69, 9.17) is 10.7 Å². The van der Waals surface area contributed by atoms with Crippen LogP contribution in [0, 0.1) is 0 Å². The van der Waals surface area contributed by atoms with Crippen molar-refractivity contribution in [1.29, 1.82) is 0 Å². The van der Waals surface area contributed by atoms with Crippen LogP contribution in [-0.4, -0.2) is 41.0 Å². The molecule has 7 heteroatoms. The Morgan fingerprint density at radius 2 is 2.08 bits per heavy atom. The van der Waals surface area contributed by atoms with Gasteiger partial charge in [0.1, 0.15) is 16.5 Å². The van der Waals surface area contributed by atoms with Crippen LogP contribution in [0.4, 0.5) is 5.82 Å². The highest BCUT2D eigenvalue weighted by Crippen LogP contribution is 2.37.